The van der Waals surface area contributed by atoms with Gasteiger partial charge in [-0.3, -0.25) is 5.10 Å². The van der Waals surface area contributed by atoms with Crippen LogP contribution in [-0.2, 0) is 20.8 Å². The number of hydrogen-bond donors (Lipinski definition) is 1. The molecule has 7 nitrogen and oxygen atoms in total. The molecule has 3 aromatic heterocycles. The Balaban J connectivity index is 1.65. The number of hydrogen-bond acceptors (Lipinski definition) is 5. The molecule has 0 bridgehead atoms. The van der Waals surface area contributed by atoms with Crippen molar-refractivity contribution in [2.45, 2.75) is 71.3 Å². The van der Waals surface area contributed by atoms with E-state index in [-0.39, 0.29) is 0 Å². The van der Waals surface area contributed by atoms with Gasteiger partial charge < -0.3 is 18.6 Å². The van der Waals surface area contributed by atoms with Gasteiger partial charge in [0.1, 0.15) is 12.4 Å². The van der Waals surface area contributed by atoms with Gasteiger partial charge in [0.2, 0.25) is 0 Å². The fourth-order valence-electron chi connectivity index (χ4n) is 3.56. The van der Waals surface area contributed by atoms with Crippen LogP contribution >= 0.6 is 0 Å². The largest absolute Gasteiger partial charge is 0.496 e. The zero-order valence-corrected chi connectivity index (χ0v) is 20.7. The summed E-state index contributed by atoms with van der Waals surface area (Å²) in [5.41, 5.74) is 3.08. The van der Waals surface area contributed by atoms with Gasteiger partial charge in [-0.15, -0.1) is 0 Å². The van der Waals surface area contributed by atoms with E-state index in [1.165, 1.54) is 0 Å². The molecule has 4 heterocycles. The highest BCUT2D eigenvalue weighted by atomic mass is 28.3. The van der Waals surface area contributed by atoms with Crippen molar-refractivity contribution in [3.63, 3.8) is 0 Å². The molecule has 1 fully saturated rings. The molecule has 3 aromatic rings. The van der Waals surface area contributed by atoms with Crippen LogP contribution in [0.15, 0.2) is 30.9 Å². The molecule has 1 N–H and O–H groups in total. The molecular formula is C22H33BN4O3Si. The molecule has 1 saturated heterocycles. The Kier molecular flexibility index (Phi) is 5.66. The number of fused-ring (bicyclic) bond motifs is 1. The zero-order valence-electron chi connectivity index (χ0n) is 19.7. The molecule has 0 unspecified atom stereocenters. The molecule has 4 rings (SSSR count). The van der Waals surface area contributed by atoms with Gasteiger partial charge in [0.05, 0.1) is 17.4 Å². The lowest BCUT2D eigenvalue weighted by molar-refractivity contribution is 0.00578. The van der Waals surface area contributed by atoms with E-state index in [9.17, 15) is 0 Å². The molecule has 0 spiro atoms. The molecule has 0 amide bonds. The van der Waals surface area contributed by atoms with E-state index >= 15 is 0 Å². The van der Waals surface area contributed by atoms with Gasteiger partial charge in [-0.05, 0) is 39.8 Å². The van der Waals surface area contributed by atoms with Crippen molar-refractivity contribution in [3.8, 4) is 11.1 Å². The Labute approximate surface area is 185 Å². The van der Waals surface area contributed by atoms with Crippen LogP contribution in [-0.4, -0.2) is 52.7 Å². The number of nitrogens with zero attached hydrogens (tertiary/aromatic N) is 3. The topological polar surface area (TPSA) is 74.2 Å². The summed E-state index contributed by atoms with van der Waals surface area (Å²) in [5, 5.41) is 8.06. The summed E-state index contributed by atoms with van der Waals surface area (Å²) in [6.45, 7) is 16.6. The van der Waals surface area contributed by atoms with Crippen LogP contribution in [0, 0.1) is 0 Å². The average molecular weight is 440 g/mol. The summed E-state index contributed by atoms with van der Waals surface area (Å²) in [7, 11) is -1.57. The molecule has 0 saturated carbocycles. The maximum absolute atomic E-state index is 6.24. The summed E-state index contributed by atoms with van der Waals surface area (Å²) in [5.74, 6) is 0. The Bertz CT molecular complexity index is 1040. The van der Waals surface area contributed by atoms with Crippen LogP contribution < -0.4 is 5.46 Å². The quantitative estimate of drug-likeness (QED) is 0.444. The normalized spacial score (nSPS) is 18.2. The minimum absolute atomic E-state index is 0.393. The van der Waals surface area contributed by atoms with Gasteiger partial charge in [0, 0.05) is 55.2 Å². The van der Waals surface area contributed by atoms with Crippen molar-refractivity contribution in [2.24, 2.45) is 0 Å². The standard InChI is InChI=1S/C22H33BN4O3Si/c1-21(2)22(3,4)30-23(29-21)17-10-18-19(16-11-25-26-12-16)14-27(20(18)24-13-17)15-28-8-9-31(5,6)7/h10-14H,8-9,15H2,1-7H3,(H,25,26). The highest BCUT2D eigenvalue weighted by molar-refractivity contribution is 6.76. The van der Waals surface area contributed by atoms with E-state index in [4.69, 9.17) is 19.0 Å². The number of nitrogens with one attached hydrogen (secondary N) is 1. The number of H-pyrrole nitrogens is 1. The van der Waals surface area contributed by atoms with Crippen LogP contribution in [0.5, 0.6) is 0 Å². The minimum atomic E-state index is -1.12. The lowest BCUT2D eigenvalue weighted by Gasteiger charge is -2.32. The lowest BCUT2D eigenvalue weighted by Crippen LogP contribution is -2.41. The maximum atomic E-state index is 6.24. The van der Waals surface area contributed by atoms with Gasteiger partial charge in [-0.1, -0.05) is 19.6 Å². The van der Waals surface area contributed by atoms with Crippen LogP contribution in [0.1, 0.15) is 27.7 Å². The van der Waals surface area contributed by atoms with Gasteiger partial charge in [-0.2, -0.15) is 5.10 Å². The second-order valence-corrected chi connectivity index (χ2v) is 16.2. The monoisotopic (exact) mass is 440 g/mol. The van der Waals surface area contributed by atoms with Crippen molar-refractivity contribution in [1.29, 1.82) is 0 Å². The van der Waals surface area contributed by atoms with Crippen molar-refractivity contribution in [3.05, 3.63) is 30.9 Å². The van der Waals surface area contributed by atoms with Crippen LogP contribution in [0.3, 0.4) is 0 Å². The Morgan fingerprint density at radius 2 is 1.84 bits per heavy atom. The summed E-state index contributed by atoms with van der Waals surface area (Å²) in [6, 6.07) is 3.26. The van der Waals surface area contributed by atoms with Crippen LogP contribution in [0.25, 0.3) is 22.2 Å². The van der Waals surface area contributed by atoms with Crippen molar-refractivity contribution >= 4 is 31.7 Å². The average Bonchev–Trinajstić information content (AvgIpc) is 3.35. The van der Waals surface area contributed by atoms with Crippen molar-refractivity contribution < 1.29 is 14.0 Å². The molecule has 31 heavy (non-hydrogen) atoms. The highest BCUT2D eigenvalue weighted by Crippen LogP contribution is 2.37. The number of aromatic amines is 1. The van der Waals surface area contributed by atoms with Crippen LogP contribution in [0.2, 0.25) is 25.7 Å². The molecule has 0 aliphatic carbocycles. The predicted octanol–water partition coefficient (Wildman–Crippen LogP) is 4.04. The minimum Gasteiger partial charge on any atom is -0.399 e. The van der Waals surface area contributed by atoms with E-state index in [2.05, 4.69) is 74.4 Å². The SMILES string of the molecule is CC1(C)OB(c2cnc3c(c2)c(-c2cn[nH]c2)cn3COCC[Si](C)(C)C)OC1(C)C. The molecule has 166 valence electrons. The molecule has 1 aliphatic heterocycles. The number of ether oxygens (including phenoxy) is 1. The molecular weight excluding hydrogens is 407 g/mol. The zero-order chi connectivity index (χ0) is 22.4. The Morgan fingerprint density at radius 3 is 2.45 bits per heavy atom. The van der Waals surface area contributed by atoms with Gasteiger partial charge in [0.25, 0.3) is 0 Å². The van der Waals surface area contributed by atoms with Gasteiger partial charge in [-0.25, -0.2) is 4.98 Å². The summed E-state index contributed by atoms with van der Waals surface area (Å²) in [4.78, 5) is 4.78. The van der Waals surface area contributed by atoms with Crippen molar-refractivity contribution in [1.82, 2.24) is 19.7 Å². The molecule has 9 heteroatoms. The number of aromatic nitrogens is 4. The highest BCUT2D eigenvalue weighted by Gasteiger charge is 2.51. The van der Waals surface area contributed by atoms with Gasteiger partial charge >= 0.3 is 7.12 Å². The third kappa shape index (κ3) is 4.50. The van der Waals surface area contributed by atoms with E-state index in [1.54, 1.807) is 0 Å². The summed E-state index contributed by atoms with van der Waals surface area (Å²) < 4.78 is 20.5. The smallest absolute Gasteiger partial charge is 0.399 e. The lowest BCUT2D eigenvalue weighted by atomic mass is 9.80. The number of pyridine rings is 1. The second-order valence-electron chi connectivity index (χ2n) is 10.6. The van der Waals surface area contributed by atoms with E-state index in [0.717, 1.165) is 40.3 Å². The molecule has 0 aromatic carbocycles. The third-order valence-electron chi connectivity index (χ3n) is 6.30. The number of rotatable bonds is 7. The van der Waals surface area contributed by atoms with Crippen LogP contribution in [0.4, 0.5) is 0 Å². The first-order chi connectivity index (χ1) is 14.5. The fourth-order valence-corrected chi connectivity index (χ4v) is 4.32. The third-order valence-corrected chi connectivity index (χ3v) is 8.00. The summed E-state index contributed by atoms with van der Waals surface area (Å²) >= 11 is 0. The predicted molar refractivity (Wildman–Crippen MR) is 127 cm³/mol. The first-order valence-corrected chi connectivity index (χ1v) is 14.6. The van der Waals surface area contributed by atoms with E-state index in [1.807, 2.05) is 18.6 Å². The van der Waals surface area contributed by atoms with E-state index in [0.29, 0.717) is 6.73 Å². The Morgan fingerprint density at radius 1 is 1.13 bits per heavy atom. The Hall–Kier alpha value is -1.94. The first-order valence-electron chi connectivity index (χ1n) is 10.9. The van der Waals surface area contributed by atoms with Gasteiger partial charge in [0.15, 0.2) is 0 Å². The molecule has 0 radical (unpaired) electrons. The molecule has 0 atom stereocenters. The fraction of sp³-hybridized carbons (Fsp3) is 0.545. The second kappa shape index (κ2) is 7.88. The van der Waals surface area contributed by atoms with Crippen molar-refractivity contribution in [2.75, 3.05) is 6.61 Å². The molecule has 1 aliphatic rings. The van der Waals surface area contributed by atoms with E-state index < -0.39 is 26.4 Å². The first kappa shape index (κ1) is 22.3. The summed E-state index contributed by atoms with van der Waals surface area (Å²) in [6.07, 6.45) is 7.66. The maximum Gasteiger partial charge on any atom is 0.496 e.